The van der Waals surface area contributed by atoms with Crippen molar-refractivity contribution in [2.24, 2.45) is 46.7 Å². The van der Waals surface area contributed by atoms with Crippen LogP contribution in [0.2, 0.25) is 0 Å². The zero-order valence-electron chi connectivity index (χ0n) is 22.0. The molecule has 39 heavy (non-hydrogen) atoms. The molecule has 4 fully saturated rings. The van der Waals surface area contributed by atoms with Crippen LogP contribution in [0.5, 0.6) is 0 Å². The highest BCUT2D eigenvalue weighted by Crippen LogP contribution is 2.63. The Morgan fingerprint density at radius 1 is 1.18 bits per heavy atom. The van der Waals surface area contributed by atoms with Crippen molar-refractivity contribution in [2.45, 2.75) is 88.6 Å². The number of carbonyl (C=O) groups excluding carboxylic acids is 4. The van der Waals surface area contributed by atoms with Crippen molar-refractivity contribution < 1.29 is 50.1 Å². The lowest BCUT2D eigenvalue weighted by Crippen LogP contribution is -2.67. The van der Waals surface area contributed by atoms with Gasteiger partial charge >= 0.3 is 21.3 Å². The summed E-state index contributed by atoms with van der Waals surface area (Å²) in [7, 11) is -6.01. The van der Waals surface area contributed by atoms with Gasteiger partial charge in [0.05, 0.1) is 0 Å². The molecule has 4 aliphatic carbocycles. The lowest BCUT2D eigenvalue weighted by Gasteiger charge is -2.58. The van der Waals surface area contributed by atoms with Crippen LogP contribution in [-0.4, -0.2) is 59.9 Å². The van der Waals surface area contributed by atoms with Crippen molar-refractivity contribution in [3.8, 4) is 0 Å². The number of alkyl halides is 3. The van der Waals surface area contributed by atoms with Crippen LogP contribution in [0.25, 0.3) is 0 Å². The Labute approximate surface area is 225 Å². The van der Waals surface area contributed by atoms with Crippen molar-refractivity contribution in [2.75, 3.05) is 6.61 Å². The summed E-state index contributed by atoms with van der Waals surface area (Å²) in [6, 6.07) is 0. The van der Waals surface area contributed by atoms with Gasteiger partial charge in [-0.15, -0.1) is 0 Å². The van der Waals surface area contributed by atoms with E-state index in [0.29, 0.717) is 25.7 Å². The van der Waals surface area contributed by atoms with E-state index >= 15 is 0 Å². The SMILES string of the molecule is C[C@H](CCC(=O)OCC(F)C(F)(F)S(=O)(=O)O)[C@H]1CC[C@H]2[C@@H]3C(=O)C[C@@H]4CC(=O)CC[C@]4(N)[C@H]3CC(=O)[C@]12C. The van der Waals surface area contributed by atoms with Gasteiger partial charge in [-0.3, -0.25) is 23.7 Å². The maximum atomic E-state index is 13.7. The highest BCUT2D eigenvalue weighted by Gasteiger charge is 2.66. The van der Waals surface area contributed by atoms with Gasteiger partial charge in [0.2, 0.25) is 6.17 Å². The minimum absolute atomic E-state index is 0.0218. The van der Waals surface area contributed by atoms with Gasteiger partial charge in [0.15, 0.2) is 0 Å². The summed E-state index contributed by atoms with van der Waals surface area (Å²) in [5, 5.41) is -5.11. The molecule has 3 N–H and O–H groups in total. The largest absolute Gasteiger partial charge is 0.462 e. The minimum atomic E-state index is -6.01. The van der Waals surface area contributed by atoms with E-state index in [4.69, 9.17) is 10.3 Å². The van der Waals surface area contributed by atoms with Crippen molar-refractivity contribution >= 4 is 33.4 Å². The predicted molar refractivity (Wildman–Crippen MR) is 131 cm³/mol. The highest BCUT2D eigenvalue weighted by molar-refractivity contribution is 7.86. The molecule has 0 radical (unpaired) electrons. The van der Waals surface area contributed by atoms with Gasteiger partial charge in [0.1, 0.15) is 24.0 Å². The number of esters is 1. The summed E-state index contributed by atoms with van der Waals surface area (Å²) in [5.74, 6) is -2.31. The quantitative estimate of drug-likeness (QED) is 0.326. The number of Topliss-reactive ketones (excluding diaryl/α,β-unsaturated/α-hetero) is 3. The third-order valence-electron chi connectivity index (χ3n) is 10.4. The average Bonchev–Trinajstić information content (AvgIpc) is 3.20. The summed E-state index contributed by atoms with van der Waals surface area (Å²) in [6.45, 7) is 2.19. The van der Waals surface area contributed by atoms with E-state index in [1.165, 1.54) is 0 Å². The molecular formula is C26H36F3NO8S. The Balaban J connectivity index is 1.40. The molecule has 9 atom stereocenters. The average molecular weight is 580 g/mol. The molecule has 0 bridgehead atoms. The number of hydrogen-bond donors (Lipinski definition) is 2. The highest BCUT2D eigenvalue weighted by atomic mass is 32.2. The van der Waals surface area contributed by atoms with E-state index in [2.05, 4.69) is 4.74 Å². The van der Waals surface area contributed by atoms with E-state index in [0.717, 1.165) is 0 Å². The molecule has 4 rings (SSSR count). The fourth-order valence-electron chi connectivity index (χ4n) is 8.18. The molecule has 0 saturated heterocycles. The zero-order valence-corrected chi connectivity index (χ0v) is 22.9. The van der Waals surface area contributed by atoms with Crippen LogP contribution in [0.1, 0.15) is 71.6 Å². The summed E-state index contributed by atoms with van der Waals surface area (Å²) in [5.41, 5.74) is 5.34. The summed E-state index contributed by atoms with van der Waals surface area (Å²) >= 11 is 0. The van der Waals surface area contributed by atoms with Crippen molar-refractivity contribution in [1.82, 2.24) is 0 Å². The van der Waals surface area contributed by atoms with Crippen LogP contribution in [0, 0.1) is 40.9 Å². The predicted octanol–water partition coefficient (Wildman–Crippen LogP) is 3.04. The van der Waals surface area contributed by atoms with E-state index in [1.807, 2.05) is 13.8 Å². The summed E-state index contributed by atoms with van der Waals surface area (Å²) in [4.78, 5) is 51.3. The summed E-state index contributed by atoms with van der Waals surface area (Å²) in [6.07, 6.45) is -0.717. The fourth-order valence-corrected chi connectivity index (χ4v) is 8.57. The first-order valence-electron chi connectivity index (χ1n) is 13.5. The Morgan fingerprint density at radius 3 is 2.49 bits per heavy atom. The van der Waals surface area contributed by atoms with Gasteiger partial charge in [0.25, 0.3) is 0 Å². The zero-order chi connectivity index (χ0) is 29.1. The smallest absolute Gasteiger partial charge is 0.403 e. The first-order valence-corrected chi connectivity index (χ1v) is 14.9. The van der Waals surface area contributed by atoms with Crippen LogP contribution in [-0.2, 0) is 34.0 Å². The molecule has 4 aliphatic rings. The molecule has 13 heteroatoms. The maximum Gasteiger partial charge on any atom is 0.403 e. The van der Waals surface area contributed by atoms with Gasteiger partial charge < -0.3 is 10.5 Å². The topological polar surface area (TPSA) is 158 Å². The van der Waals surface area contributed by atoms with Crippen molar-refractivity contribution in [3.05, 3.63) is 0 Å². The number of nitrogens with two attached hydrogens (primary N) is 1. The van der Waals surface area contributed by atoms with Gasteiger partial charge in [-0.2, -0.15) is 17.2 Å². The normalized spacial score (nSPS) is 38.4. The third-order valence-corrected chi connectivity index (χ3v) is 11.3. The molecule has 0 spiro atoms. The van der Waals surface area contributed by atoms with Crippen LogP contribution < -0.4 is 5.73 Å². The Morgan fingerprint density at radius 2 is 1.85 bits per heavy atom. The second kappa shape index (κ2) is 10.2. The molecule has 1 unspecified atom stereocenters. The van der Waals surface area contributed by atoms with E-state index in [1.54, 1.807) is 0 Å². The molecule has 0 heterocycles. The first kappa shape index (κ1) is 30.1. The monoisotopic (exact) mass is 579 g/mol. The number of carbonyl (C=O) groups is 4. The van der Waals surface area contributed by atoms with Crippen molar-refractivity contribution in [3.63, 3.8) is 0 Å². The molecule has 0 aromatic rings. The lowest BCUT2D eigenvalue weighted by atomic mass is 9.46. The fraction of sp³-hybridized carbons (Fsp3) is 0.846. The Kier molecular flexibility index (Phi) is 7.88. The molecule has 9 nitrogen and oxygen atoms in total. The molecular weight excluding hydrogens is 543 g/mol. The summed E-state index contributed by atoms with van der Waals surface area (Å²) < 4.78 is 74.5. The number of ether oxygens (including phenoxy) is 1. The van der Waals surface area contributed by atoms with Crippen LogP contribution in [0.4, 0.5) is 13.2 Å². The standard InChI is InChI=1S/C26H36F3NO8S/c1-13(3-6-22(34)38-12-20(27)26(28,29)39(35,36)37)16-4-5-17-23-18(11-21(33)24(16,17)2)25(30)8-7-15(31)9-14(25)10-19(23)32/h13-14,16-18,20,23H,3-12,30H2,1-2H3,(H,35,36,37)/t13-,14+,16-,17+,18+,20?,23+,24-,25-/m1/s1. The number of rotatable bonds is 8. The number of ketones is 3. The van der Waals surface area contributed by atoms with E-state index < -0.39 is 45.1 Å². The number of halogens is 3. The molecule has 0 aliphatic heterocycles. The number of hydrogen-bond acceptors (Lipinski definition) is 8. The van der Waals surface area contributed by atoms with E-state index in [-0.39, 0.29) is 85.0 Å². The molecule has 0 amide bonds. The van der Waals surface area contributed by atoms with Gasteiger partial charge in [-0.05, 0) is 55.3 Å². The lowest BCUT2D eigenvalue weighted by molar-refractivity contribution is -0.159. The van der Waals surface area contributed by atoms with Crippen LogP contribution in [0.15, 0.2) is 0 Å². The second-order valence-electron chi connectivity index (χ2n) is 12.3. The third kappa shape index (κ3) is 4.96. The van der Waals surface area contributed by atoms with Gasteiger partial charge in [-0.25, -0.2) is 4.39 Å². The Bertz CT molecular complexity index is 1160. The Hall–Kier alpha value is -1.86. The van der Waals surface area contributed by atoms with Gasteiger partial charge in [0, 0.05) is 49.0 Å². The molecule has 4 saturated carbocycles. The van der Waals surface area contributed by atoms with E-state index in [9.17, 15) is 40.8 Å². The molecule has 0 aromatic heterocycles. The maximum absolute atomic E-state index is 13.7. The molecule has 0 aromatic carbocycles. The van der Waals surface area contributed by atoms with Crippen molar-refractivity contribution in [1.29, 1.82) is 0 Å². The molecule has 220 valence electrons. The number of fused-ring (bicyclic) bond motifs is 5. The van der Waals surface area contributed by atoms with Crippen LogP contribution in [0.3, 0.4) is 0 Å². The second-order valence-corrected chi connectivity index (χ2v) is 13.8. The van der Waals surface area contributed by atoms with Gasteiger partial charge in [-0.1, -0.05) is 13.8 Å². The minimum Gasteiger partial charge on any atom is -0.462 e. The first-order chi connectivity index (χ1) is 17.9. The van der Waals surface area contributed by atoms with Crippen LogP contribution >= 0.6 is 0 Å².